The maximum Gasteiger partial charge on any atom is 0.573 e. The van der Waals surface area contributed by atoms with Crippen molar-refractivity contribution in [1.29, 1.82) is 0 Å². The summed E-state index contributed by atoms with van der Waals surface area (Å²) >= 11 is 2.27. The summed E-state index contributed by atoms with van der Waals surface area (Å²) in [6.45, 7) is 3.63. The zero-order chi connectivity index (χ0) is 26.7. The predicted molar refractivity (Wildman–Crippen MR) is 133 cm³/mol. The fourth-order valence-corrected chi connectivity index (χ4v) is 5.62. The number of benzene rings is 2. The standard InChI is InChI=1S/C25H20F4N2O4S2/c1-3-34-23(33)20-14(2)19-21(37-20)30-24(31(22(19)32)12-15-4-8-17(26)9-5-15)36-13-16-6-10-18(11-7-16)35-25(27,28)29/h4-11H,3,12-13H2,1-2H3. The zero-order valence-corrected chi connectivity index (χ0v) is 21.2. The lowest BCUT2D eigenvalue weighted by Gasteiger charge is -2.13. The number of thioether (sulfide) groups is 1. The van der Waals surface area contributed by atoms with Crippen LogP contribution in [0.4, 0.5) is 17.6 Å². The molecule has 6 nitrogen and oxygen atoms in total. The molecule has 0 unspecified atom stereocenters. The van der Waals surface area contributed by atoms with Gasteiger partial charge < -0.3 is 9.47 Å². The van der Waals surface area contributed by atoms with E-state index in [4.69, 9.17) is 4.74 Å². The largest absolute Gasteiger partial charge is 0.573 e. The average Bonchev–Trinajstić information content (AvgIpc) is 3.17. The molecule has 0 aliphatic carbocycles. The van der Waals surface area contributed by atoms with Gasteiger partial charge in [0.15, 0.2) is 5.16 Å². The van der Waals surface area contributed by atoms with Gasteiger partial charge in [-0.05, 0) is 54.8 Å². The predicted octanol–water partition coefficient (Wildman–Crippen LogP) is 6.32. The van der Waals surface area contributed by atoms with E-state index in [0.717, 1.165) is 11.3 Å². The number of hydrogen-bond acceptors (Lipinski definition) is 7. The Morgan fingerprint density at radius 3 is 2.35 bits per heavy atom. The molecule has 2 heterocycles. The van der Waals surface area contributed by atoms with Crippen LogP contribution in [0.5, 0.6) is 5.75 Å². The summed E-state index contributed by atoms with van der Waals surface area (Å²) in [6, 6.07) is 11.1. The molecule has 37 heavy (non-hydrogen) atoms. The summed E-state index contributed by atoms with van der Waals surface area (Å²) in [7, 11) is 0. The lowest BCUT2D eigenvalue weighted by molar-refractivity contribution is -0.274. The third-order valence-electron chi connectivity index (χ3n) is 5.25. The van der Waals surface area contributed by atoms with Gasteiger partial charge in [0.2, 0.25) is 0 Å². The average molecular weight is 553 g/mol. The molecule has 0 aliphatic rings. The summed E-state index contributed by atoms with van der Waals surface area (Å²) < 4.78 is 61.1. The SMILES string of the molecule is CCOC(=O)c1sc2nc(SCc3ccc(OC(F)(F)F)cc3)n(Cc3ccc(F)cc3)c(=O)c2c1C. The van der Waals surface area contributed by atoms with Gasteiger partial charge in [0.05, 0.1) is 18.5 Å². The highest BCUT2D eigenvalue weighted by molar-refractivity contribution is 7.98. The first-order chi connectivity index (χ1) is 17.6. The summed E-state index contributed by atoms with van der Waals surface area (Å²) in [5.41, 5.74) is 1.45. The van der Waals surface area contributed by atoms with Gasteiger partial charge in [0.1, 0.15) is 21.3 Å². The Bertz CT molecular complexity index is 1480. The number of carbonyl (C=O) groups excluding carboxylic acids is 1. The summed E-state index contributed by atoms with van der Waals surface area (Å²) in [5, 5.41) is 0.641. The molecule has 0 N–H and O–H groups in total. The number of aromatic nitrogens is 2. The van der Waals surface area contributed by atoms with Crippen molar-refractivity contribution in [3.63, 3.8) is 0 Å². The van der Waals surface area contributed by atoms with Gasteiger partial charge in [0, 0.05) is 5.75 Å². The summed E-state index contributed by atoms with van der Waals surface area (Å²) in [5.74, 6) is -0.995. The smallest absolute Gasteiger partial charge is 0.462 e. The number of rotatable bonds is 8. The molecule has 0 saturated carbocycles. The second-order valence-corrected chi connectivity index (χ2v) is 9.79. The molecule has 0 radical (unpaired) electrons. The van der Waals surface area contributed by atoms with Crippen LogP contribution < -0.4 is 10.3 Å². The van der Waals surface area contributed by atoms with E-state index in [2.05, 4.69) is 9.72 Å². The van der Waals surface area contributed by atoms with Gasteiger partial charge in [-0.1, -0.05) is 36.0 Å². The second kappa shape index (κ2) is 10.9. The highest BCUT2D eigenvalue weighted by atomic mass is 32.2. The topological polar surface area (TPSA) is 70.4 Å². The number of nitrogens with zero attached hydrogens (tertiary/aromatic N) is 2. The van der Waals surface area contributed by atoms with E-state index in [1.807, 2.05) is 0 Å². The zero-order valence-electron chi connectivity index (χ0n) is 19.6. The maximum atomic E-state index is 13.6. The molecule has 12 heteroatoms. The van der Waals surface area contributed by atoms with E-state index in [0.29, 0.717) is 37.8 Å². The number of thiophene rings is 1. The molecule has 0 saturated heterocycles. The summed E-state index contributed by atoms with van der Waals surface area (Å²) in [4.78, 5) is 31.3. The molecule has 194 valence electrons. The van der Waals surface area contributed by atoms with Crippen LogP contribution in [0.3, 0.4) is 0 Å². The molecule has 4 rings (SSSR count). The van der Waals surface area contributed by atoms with Crippen LogP contribution in [0.1, 0.15) is 33.3 Å². The molecule has 2 aromatic heterocycles. The number of halogens is 4. The third kappa shape index (κ3) is 6.31. The van der Waals surface area contributed by atoms with Crippen LogP contribution in [-0.4, -0.2) is 28.5 Å². The molecule has 0 bridgehead atoms. The fourth-order valence-electron chi connectivity index (χ4n) is 3.55. The van der Waals surface area contributed by atoms with Gasteiger partial charge in [0.25, 0.3) is 5.56 Å². The van der Waals surface area contributed by atoms with Crippen molar-refractivity contribution in [2.24, 2.45) is 0 Å². The molecular formula is C25H20F4N2O4S2. The Balaban J connectivity index is 1.70. The number of ether oxygens (including phenoxy) is 2. The van der Waals surface area contributed by atoms with Gasteiger partial charge in [-0.15, -0.1) is 24.5 Å². The van der Waals surface area contributed by atoms with Crippen LogP contribution in [-0.2, 0) is 17.0 Å². The number of alkyl halides is 3. The van der Waals surface area contributed by atoms with E-state index >= 15 is 0 Å². The van der Waals surface area contributed by atoms with E-state index in [-0.39, 0.29) is 29.3 Å². The van der Waals surface area contributed by atoms with E-state index in [1.165, 1.54) is 52.7 Å². The van der Waals surface area contributed by atoms with Gasteiger partial charge in [-0.2, -0.15) is 0 Å². The first-order valence-electron chi connectivity index (χ1n) is 11.0. The van der Waals surface area contributed by atoms with Crippen LogP contribution >= 0.6 is 23.1 Å². The first kappa shape index (κ1) is 26.7. The van der Waals surface area contributed by atoms with Crippen LogP contribution in [0.15, 0.2) is 58.5 Å². The number of aryl methyl sites for hydroxylation is 1. The van der Waals surface area contributed by atoms with Crippen LogP contribution in [0.2, 0.25) is 0 Å². The Labute approximate surface area is 216 Å². The minimum atomic E-state index is -4.78. The minimum Gasteiger partial charge on any atom is -0.462 e. The monoisotopic (exact) mass is 552 g/mol. The first-order valence-corrected chi connectivity index (χ1v) is 12.8. The molecule has 0 atom stereocenters. The third-order valence-corrected chi connectivity index (χ3v) is 7.47. The Kier molecular flexibility index (Phi) is 7.88. The van der Waals surface area contributed by atoms with E-state index in [1.54, 1.807) is 26.0 Å². The highest BCUT2D eigenvalue weighted by Crippen LogP contribution is 2.31. The van der Waals surface area contributed by atoms with Crippen molar-refractivity contribution >= 4 is 39.3 Å². The van der Waals surface area contributed by atoms with Crippen molar-refractivity contribution in [3.05, 3.63) is 86.3 Å². The van der Waals surface area contributed by atoms with E-state index in [9.17, 15) is 27.2 Å². The fraction of sp³-hybridized carbons (Fsp3) is 0.240. The number of esters is 1. The molecule has 2 aromatic carbocycles. The van der Waals surface area contributed by atoms with Gasteiger partial charge in [-0.25, -0.2) is 14.2 Å². The normalized spacial score (nSPS) is 11.6. The molecule has 0 fully saturated rings. The highest BCUT2D eigenvalue weighted by Gasteiger charge is 2.31. The van der Waals surface area contributed by atoms with Crippen molar-refractivity contribution in [3.8, 4) is 5.75 Å². The molecular weight excluding hydrogens is 532 g/mol. The molecule has 0 spiro atoms. The molecule has 0 aliphatic heterocycles. The number of fused-ring (bicyclic) bond motifs is 1. The molecule has 0 amide bonds. The van der Waals surface area contributed by atoms with Crippen molar-refractivity contribution in [1.82, 2.24) is 9.55 Å². The van der Waals surface area contributed by atoms with Crippen molar-refractivity contribution in [2.45, 2.75) is 37.7 Å². The maximum absolute atomic E-state index is 13.6. The second-order valence-electron chi connectivity index (χ2n) is 7.85. The summed E-state index contributed by atoms with van der Waals surface area (Å²) in [6.07, 6.45) is -4.78. The minimum absolute atomic E-state index is 0.104. The Hall–Kier alpha value is -3.38. The van der Waals surface area contributed by atoms with Crippen molar-refractivity contribution < 1.29 is 31.8 Å². The number of carbonyl (C=O) groups is 1. The van der Waals surface area contributed by atoms with Gasteiger partial charge >= 0.3 is 12.3 Å². The lowest BCUT2D eigenvalue weighted by Crippen LogP contribution is -2.24. The van der Waals surface area contributed by atoms with Gasteiger partial charge in [-0.3, -0.25) is 9.36 Å². The Morgan fingerprint density at radius 1 is 1.08 bits per heavy atom. The van der Waals surface area contributed by atoms with Crippen LogP contribution in [0.25, 0.3) is 10.2 Å². The van der Waals surface area contributed by atoms with Crippen LogP contribution in [0, 0.1) is 12.7 Å². The van der Waals surface area contributed by atoms with Crippen molar-refractivity contribution in [2.75, 3.05) is 6.61 Å². The quantitative estimate of drug-likeness (QED) is 0.110. The molecule has 4 aromatic rings. The van der Waals surface area contributed by atoms with E-state index < -0.39 is 18.1 Å². The Morgan fingerprint density at radius 2 is 1.73 bits per heavy atom. The number of hydrogen-bond donors (Lipinski definition) is 0. The lowest BCUT2D eigenvalue weighted by atomic mass is 10.2.